The summed E-state index contributed by atoms with van der Waals surface area (Å²) in [5.74, 6) is 0.407. The van der Waals surface area contributed by atoms with E-state index < -0.39 is 5.91 Å². The van der Waals surface area contributed by atoms with E-state index in [0.29, 0.717) is 30.5 Å². The zero-order valence-corrected chi connectivity index (χ0v) is 18.0. The SMILES string of the molecule is CC.CC1CC(CN2CCc3c(F)cc(C(=O)NO)cc3C2)CC(NC2CC2)C1. The first-order valence-electron chi connectivity index (χ1n) is 11.3. The number of carbonyl (C=O) groups excluding carboxylic acids is 1. The quantitative estimate of drug-likeness (QED) is 0.514. The van der Waals surface area contributed by atoms with Crippen LogP contribution in [0.25, 0.3) is 0 Å². The normalized spacial score (nSPS) is 26.9. The molecule has 5 nitrogen and oxygen atoms in total. The van der Waals surface area contributed by atoms with Gasteiger partial charge in [0.25, 0.3) is 5.91 Å². The Morgan fingerprint density at radius 2 is 1.97 bits per heavy atom. The number of carbonyl (C=O) groups is 1. The Morgan fingerprint density at radius 3 is 2.66 bits per heavy atom. The van der Waals surface area contributed by atoms with Crippen LogP contribution < -0.4 is 10.8 Å². The minimum atomic E-state index is -0.663. The molecule has 2 aliphatic carbocycles. The van der Waals surface area contributed by atoms with Gasteiger partial charge in [0.05, 0.1) is 0 Å². The topological polar surface area (TPSA) is 64.6 Å². The van der Waals surface area contributed by atoms with Gasteiger partial charge in [0.1, 0.15) is 5.82 Å². The van der Waals surface area contributed by atoms with Gasteiger partial charge >= 0.3 is 0 Å². The molecule has 1 heterocycles. The van der Waals surface area contributed by atoms with Crippen LogP contribution in [0.4, 0.5) is 4.39 Å². The second-order valence-electron chi connectivity index (χ2n) is 8.84. The Bertz CT molecular complexity index is 706. The van der Waals surface area contributed by atoms with E-state index in [1.165, 1.54) is 38.2 Å². The van der Waals surface area contributed by atoms with Crippen LogP contribution in [-0.4, -0.2) is 41.2 Å². The van der Waals surface area contributed by atoms with Gasteiger partial charge in [-0.1, -0.05) is 20.8 Å². The van der Waals surface area contributed by atoms with Gasteiger partial charge in [-0.2, -0.15) is 0 Å². The van der Waals surface area contributed by atoms with Crippen molar-refractivity contribution in [2.24, 2.45) is 11.8 Å². The van der Waals surface area contributed by atoms with Crippen molar-refractivity contribution >= 4 is 5.91 Å². The number of nitrogens with zero attached hydrogens (tertiary/aromatic N) is 1. The zero-order chi connectivity index (χ0) is 21.0. The van der Waals surface area contributed by atoms with Crippen LogP contribution in [-0.2, 0) is 13.0 Å². The summed E-state index contributed by atoms with van der Waals surface area (Å²) in [6, 6.07) is 4.33. The molecular formula is C23H36FN3O2. The van der Waals surface area contributed by atoms with E-state index in [0.717, 1.165) is 30.6 Å². The molecule has 6 heteroatoms. The summed E-state index contributed by atoms with van der Waals surface area (Å²) >= 11 is 0. The Hall–Kier alpha value is -1.50. The van der Waals surface area contributed by atoms with E-state index in [1.807, 2.05) is 13.8 Å². The second-order valence-corrected chi connectivity index (χ2v) is 8.84. The van der Waals surface area contributed by atoms with Crippen LogP contribution in [0.3, 0.4) is 0 Å². The van der Waals surface area contributed by atoms with E-state index in [4.69, 9.17) is 5.21 Å². The summed E-state index contributed by atoms with van der Waals surface area (Å²) in [4.78, 5) is 14.1. The van der Waals surface area contributed by atoms with Gasteiger partial charge in [-0.05, 0) is 73.6 Å². The van der Waals surface area contributed by atoms with Crippen molar-refractivity contribution in [3.05, 3.63) is 34.6 Å². The standard InChI is InChI=1S/C21H30FN3O2.C2H6/c1-13-6-14(8-18(7-13)23-17-2-3-17)11-25-5-4-19-16(12-25)9-15(10-20(19)22)21(26)24-27;1-2/h9-10,13-14,17-18,23,27H,2-8,11-12H2,1H3,(H,24,26);1-2H3. The fourth-order valence-corrected chi connectivity index (χ4v) is 5.04. The molecule has 2 fully saturated rings. The summed E-state index contributed by atoms with van der Waals surface area (Å²) < 4.78 is 14.4. The first kappa shape index (κ1) is 22.2. The van der Waals surface area contributed by atoms with Crippen LogP contribution in [0.2, 0.25) is 0 Å². The first-order valence-corrected chi connectivity index (χ1v) is 11.3. The summed E-state index contributed by atoms with van der Waals surface area (Å²) in [7, 11) is 0. The second kappa shape index (κ2) is 10.0. The highest BCUT2D eigenvalue weighted by molar-refractivity contribution is 5.93. The molecule has 3 aliphatic rings. The largest absolute Gasteiger partial charge is 0.311 e. The molecule has 0 aromatic heterocycles. The Balaban J connectivity index is 0.00000117. The molecule has 0 spiro atoms. The number of rotatable bonds is 5. The molecule has 0 bridgehead atoms. The predicted molar refractivity (Wildman–Crippen MR) is 112 cm³/mol. The van der Waals surface area contributed by atoms with Crippen LogP contribution in [0.1, 0.15) is 74.4 Å². The van der Waals surface area contributed by atoms with Crippen molar-refractivity contribution in [1.82, 2.24) is 15.7 Å². The lowest BCUT2D eigenvalue weighted by Gasteiger charge is -2.38. The van der Waals surface area contributed by atoms with Gasteiger partial charge in [0, 0.05) is 37.3 Å². The van der Waals surface area contributed by atoms with Crippen molar-refractivity contribution in [2.75, 3.05) is 13.1 Å². The van der Waals surface area contributed by atoms with Gasteiger partial charge in [-0.15, -0.1) is 0 Å². The molecular weight excluding hydrogens is 369 g/mol. The highest BCUT2D eigenvalue weighted by atomic mass is 19.1. The van der Waals surface area contributed by atoms with Crippen molar-refractivity contribution in [3.63, 3.8) is 0 Å². The highest BCUT2D eigenvalue weighted by Crippen LogP contribution is 2.33. The molecule has 3 unspecified atom stereocenters. The van der Waals surface area contributed by atoms with Crippen LogP contribution in [0.15, 0.2) is 12.1 Å². The lowest BCUT2D eigenvalue weighted by atomic mass is 9.79. The van der Waals surface area contributed by atoms with Crippen molar-refractivity contribution in [3.8, 4) is 0 Å². The fourth-order valence-electron chi connectivity index (χ4n) is 5.04. The number of fused-ring (bicyclic) bond motifs is 1. The molecule has 1 aromatic rings. The minimum Gasteiger partial charge on any atom is -0.311 e. The predicted octanol–water partition coefficient (Wildman–Crippen LogP) is 3.89. The molecule has 0 radical (unpaired) electrons. The van der Waals surface area contributed by atoms with E-state index in [-0.39, 0.29) is 11.4 Å². The lowest BCUT2D eigenvalue weighted by Crippen LogP contribution is -2.42. The van der Waals surface area contributed by atoms with Crippen LogP contribution in [0.5, 0.6) is 0 Å². The molecule has 1 aliphatic heterocycles. The molecule has 3 atom stereocenters. The molecule has 29 heavy (non-hydrogen) atoms. The van der Waals surface area contributed by atoms with Gasteiger partial charge in [-0.3, -0.25) is 14.9 Å². The Kier molecular flexibility index (Phi) is 7.66. The summed E-state index contributed by atoms with van der Waals surface area (Å²) in [6.45, 7) is 8.92. The first-order chi connectivity index (χ1) is 14.0. The molecule has 1 aromatic carbocycles. The number of benzene rings is 1. The van der Waals surface area contributed by atoms with Gasteiger partial charge in [0.15, 0.2) is 0 Å². The highest BCUT2D eigenvalue weighted by Gasteiger charge is 2.32. The van der Waals surface area contributed by atoms with E-state index in [1.54, 1.807) is 11.5 Å². The van der Waals surface area contributed by atoms with E-state index in [2.05, 4.69) is 17.1 Å². The molecule has 3 N–H and O–H groups in total. The molecule has 2 saturated carbocycles. The van der Waals surface area contributed by atoms with Gasteiger partial charge in [-0.25, -0.2) is 9.87 Å². The van der Waals surface area contributed by atoms with Crippen molar-refractivity contribution in [2.45, 2.75) is 77.9 Å². The molecule has 4 rings (SSSR count). The summed E-state index contributed by atoms with van der Waals surface area (Å²) in [5.41, 5.74) is 3.36. The molecule has 162 valence electrons. The minimum absolute atomic E-state index is 0.176. The van der Waals surface area contributed by atoms with Crippen molar-refractivity contribution in [1.29, 1.82) is 0 Å². The van der Waals surface area contributed by atoms with Crippen molar-refractivity contribution < 1.29 is 14.4 Å². The van der Waals surface area contributed by atoms with Gasteiger partial charge < -0.3 is 5.32 Å². The number of hydrogen-bond acceptors (Lipinski definition) is 4. The monoisotopic (exact) mass is 405 g/mol. The number of nitrogens with one attached hydrogen (secondary N) is 2. The third-order valence-electron chi connectivity index (χ3n) is 6.33. The summed E-state index contributed by atoms with van der Waals surface area (Å²) in [6.07, 6.45) is 7.09. The zero-order valence-electron chi connectivity index (χ0n) is 18.0. The number of amides is 1. The third-order valence-corrected chi connectivity index (χ3v) is 6.33. The molecule has 1 amide bonds. The van der Waals surface area contributed by atoms with Crippen LogP contribution >= 0.6 is 0 Å². The third kappa shape index (κ3) is 5.77. The van der Waals surface area contributed by atoms with E-state index >= 15 is 0 Å². The average molecular weight is 406 g/mol. The lowest BCUT2D eigenvalue weighted by molar-refractivity contribution is 0.0705. The maximum absolute atomic E-state index is 14.4. The fraction of sp³-hybridized carbons (Fsp3) is 0.696. The number of hydrogen-bond donors (Lipinski definition) is 3. The number of halogens is 1. The van der Waals surface area contributed by atoms with Crippen LogP contribution in [0, 0.1) is 17.7 Å². The Labute approximate surface area is 174 Å². The number of hydroxylamine groups is 1. The maximum Gasteiger partial charge on any atom is 0.274 e. The van der Waals surface area contributed by atoms with E-state index in [9.17, 15) is 9.18 Å². The summed E-state index contributed by atoms with van der Waals surface area (Å²) in [5, 5.41) is 12.6. The average Bonchev–Trinajstić information content (AvgIpc) is 3.52. The Morgan fingerprint density at radius 1 is 1.21 bits per heavy atom. The maximum atomic E-state index is 14.4. The smallest absolute Gasteiger partial charge is 0.274 e. The molecule has 0 saturated heterocycles. The van der Waals surface area contributed by atoms with Gasteiger partial charge in [0.2, 0.25) is 0 Å².